The number of aliphatic hydroxyl groups excluding tert-OH is 1. The number of amides is 2. The molecule has 0 bridgehead atoms. The molecule has 0 aromatic rings. The van der Waals surface area contributed by atoms with Gasteiger partial charge in [-0.3, -0.25) is 14.5 Å². The number of nitrogens with one attached hydrogen (secondary N) is 2. The van der Waals surface area contributed by atoms with Gasteiger partial charge in [-0.15, -0.1) is 0 Å². The summed E-state index contributed by atoms with van der Waals surface area (Å²) in [4.78, 5) is 26.7. The topological polar surface area (TPSA) is 100 Å². The van der Waals surface area contributed by atoms with Crippen molar-refractivity contribution in [3.05, 3.63) is 0 Å². The van der Waals surface area contributed by atoms with Gasteiger partial charge in [0, 0.05) is 25.6 Å². The van der Waals surface area contributed by atoms with Gasteiger partial charge in [0.1, 0.15) is 6.10 Å². The monoisotopic (exact) mass is 397 g/mol. The minimum absolute atomic E-state index is 0.0133. The predicted molar refractivity (Wildman–Crippen MR) is 104 cm³/mol. The predicted octanol–water partition coefficient (Wildman–Crippen LogP) is 0.0398. The highest BCUT2D eigenvalue weighted by Gasteiger charge is 2.35. The smallest absolute Gasteiger partial charge is 0.223 e. The Hall–Kier alpha value is -1.22. The average molecular weight is 398 g/mol. The van der Waals surface area contributed by atoms with Crippen LogP contribution in [0.25, 0.3) is 0 Å². The molecular weight excluding hydrogens is 362 g/mol. The molecule has 1 saturated carbocycles. The van der Waals surface area contributed by atoms with Crippen LogP contribution < -0.4 is 10.6 Å². The molecule has 3 atom stereocenters. The van der Waals surface area contributed by atoms with Crippen LogP contribution in [0.2, 0.25) is 0 Å². The third-order valence-electron chi connectivity index (χ3n) is 6.09. The van der Waals surface area contributed by atoms with Crippen LogP contribution in [0.1, 0.15) is 44.9 Å². The van der Waals surface area contributed by atoms with Crippen LogP contribution in [0.4, 0.5) is 0 Å². The first-order valence-corrected chi connectivity index (χ1v) is 10.8. The Bertz CT molecular complexity index is 508. The van der Waals surface area contributed by atoms with Crippen LogP contribution in [0.3, 0.4) is 0 Å². The van der Waals surface area contributed by atoms with Crippen LogP contribution in [-0.4, -0.2) is 86.1 Å². The Labute approximate surface area is 167 Å². The molecule has 2 heterocycles. The first kappa shape index (κ1) is 21.5. The third kappa shape index (κ3) is 6.40. The van der Waals surface area contributed by atoms with E-state index in [9.17, 15) is 14.7 Å². The van der Waals surface area contributed by atoms with E-state index in [1.54, 1.807) is 0 Å². The number of carbonyl (C=O) groups excluding carboxylic acids is 2. The summed E-state index contributed by atoms with van der Waals surface area (Å²) in [5.41, 5.74) is 0. The number of morpholine rings is 1. The Morgan fingerprint density at radius 2 is 1.89 bits per heavy atom. The van der Waals surface area contributed by atoms with Gasteiger partial charge < -0.3 is 25.2 Å². The lowest BCUT2D eigenvalue weighted by atomic mass is 9.84. The Kier molecular flexibility index (Phi) is 8.51. The second kappa shape index (κ2) is 11.1. The van der Waals surface area contributed by atoms with Crippen molar-refractivity contribution in [2.24, 2.45) is 5.92 Å². The highest BCUT2D eigenvalue weighted by atomic mass is 16.5. The largest absolute Gasteiger partial charge is 0.394 e. The third-order valence-corrected chi connectivity index (χ3v) is 6.09. The molecule has 160 valence electrons. The molecule has 0 aromatic carbocycles. The summed E-state index contributed by atoms with van der Waals surface area (Å²) in [5.74, 6) is 0.190. The summed E-state index contributed by atoms with van der Waals surface area (Å²) in [6, 6.07) is -0.161. The molecular formula is C20H35N3O5. The molecule has 28 heavy (non-hydrogen) atoms. The number of aliphatic hydroxyl groups is 1. The Morgan fingerprint density at radius 3 is 2.57 bits per heavy atom. The van der Waals surface area contributed by atoms with Gasteiger partial charge in [-0.05, 0) is 38.6 Å². The maximum Gasteiger partial charge on any atom is 0.223 e. The molecule has 2 saturated heterocycles. The quantitative estimate of drug-likeness (QED) is 0.475. The van der Waals surface area contributed by atoms with Crippen molar-refractivity contribution in [1.29, 1.82) is 0 Å². The first-order chi connectivity index (χ1) is 13.7. The van der Waals surface area contributed by atoms with Gasteiger partial charge in [0.15, 0.2) is 0 Å². The van der Waals surface area contributed by atoms with Crippen LogP contribution in [0.15, 0.2) is 0 Å². The minimum Gasteiger partial charge on any atom is -0.394 e. The molecule has 3 N–H and O–H groups in total. The number of hydrogen-bond acceptors (Lipinski definition) is 6. The summed E-state index contributed by atoms with van der Waals surface area (Å²) in [6.45, 7) is 4.99. The van der Waals surface area contributed by atoms with E-state index in [-0.39, 0.29) is 36.5 Å². The van der Waals surface area contributed by atoms with E-state index in [2.05, 4.69) is 15.5 Å². The molecule has 0 spiro atoms. The van der Waals surface area contributed by atoms with Gasteiger partial charge in [-0.25, -0.2) is 0 Å². The van der Waals surface area contributed by atoms with Crippen molar-refractivity contribution >= 4 is 11.8 Å². The highest BCUT2D eigenvalue weighted by Crippen LogP contribution is 2.28. The molecule has 3 aliphatic rings. The van der Waals surface area contributed by atoms with Crippen LogP contribution >= 0.6 is 0 Å². The van der Waals surface area contributed by atoms with E-state index in [1.165, 1.54) is 0 Å². The summed E-state index contributed by atoms with van der Waals surface area (Å²) in [6.07, 6.45) is 5.07. The van der Waals surface area contributed by atoms with Gasteiger partial charge in [0.2, 0.25) is 11.8 Å². The van der Waals surface area contributed by atoms with Crippen molar-refractivity contribution in [2.45, 2.75) is 63.2 Å². The van der Waals surface area contributed by atoms with Gasteiger partial charge in [-0.1, -0.05) is 6.42 Å². The van der Waals surface area contributed by atoms with E-state index in [1.807, 2.05) is 0 Å². The van der Waals surface area contributed by atoms with Gasteiger partial charge in [0.25, 0.3) is 0 Å². The van der Waals surface area contributed by atoms with Crippen LogP contribution in [0.5, 0.6) is 0 Å². The fraction of sp³-hybridized carbons (Fsp3) is 0.900. The molecule has 2 amide bonds. The molecule has 0 aromatic heterocycles. The zero-order valence-electron chi connectivity index (χ0n) is 16.7. The molecule has 2 aliphatic heterocycles. The fourth-order valence-electron chi connectivity index (χ4n) is 4.05. The summed E-state index contributed by atoms with van der Waals surface area (Å²) < 4.78 is 11.2. The van der Waals surface area contributed by atoms with E-state index in [0.717, 1.165) is 65.0 Å². The van der Waals surface area contributed by atoms with Crippen molar-refractivity contribution in [2.75, 3.05) is 46.0 Å². The van der Waals surface area contributed by atoms with Crippen molar-refractivity contribution in [3.8, 4) is 0 Å². The lowest BCUT2D eigenvalue weighted by Crippen LogP contribution is -2.53. The second-order valence-electron chi connectivity index (χ2n) is 8.16. The van der Waals surface area contributed by atoms with E-state index in [4.69, 9.17) is 9.47 Å². The van der Waals surface area contributed by atoms with Crippen molar-refractivity contribution < 1.29 is 24.2 Å². The second-order valence-corrected chi connectivity index (χ2v) is 8.16. The number of nitrogens with zero attached hydrogens (tertiary/aromatic N) is 1. The van der Waals surface area contributed by atoms with E-state index >= 15 is 0 Å². The number of hydrogen-bond donors (Lipinski definition) is 3. The maximum atomic E-state index is 12.2. The van der Waals surface area contributed by atoms with Crippen LogP contribution in [-0.2, 0) is 19.1 Å². The Morgan fingerprint density at radius 1 is 1.11 bits per heavy atom. The van der Waals surface area contributed by atoms with Gasteiger partial charge >= 0.3 is 0 Å². The fourth-order valence-corrected chi connectivity index (χ4v) is 4.05. The van der Waals surface area contributed by atoms with Crippen molar-refractivity contribution in [3.63, 3.8) is 0 Å². The van der Waals surface area contributed by atoms with Gasteiger partial charge in [-0.2, -0.15) is 0 Å². The normalized spacial score (nSPS) is 29.1. The van der Waals surface area contributed by atoms with Crippen molar-refractivity contribution in [1.82, 2.24) is 15.5 Å². The minimum atomic E-state index is -0.433. The zero-order valence-corrected chi connectivity index (χ0v) is 16.7. The van der Waals surface area contributed by atoms with Gasteiger partial charge in [0.05, 0.1) is 38.4 Å². The maximum absolute atomic E-state index is 12.2. The number of ether oxygens (including phenoxy) is 2. The standard InChI is InChI=1S/C20H35N3O5/c24-14-18-17(22-20(26)15-3-1-4-15)6-5-16(28-18)13-19(25)21-7-2-8-23-9-11-27-12-10-23/h15-18,24H,1-14H2,(H,21,25)(H,22,26)/t16-,17+,18+/m1/s1. The summed E-state index contributed by atoms with van der Waals surface area (Å²) >= 11 is 0. The molecule has 1 aliphatic carbocycles. The average Bonchev–Trinajstić information content (AvgIpc) is 2.66. The first-order valence-electron chi connectivity index (χ1n) is 10.8. The summed E-state index contributed by atoms with van der Waals surface area (Å²) in [5, 5.41) is 15.6. The van der Waals surface area contributed by atoms with Crippen LogP contribution in [0, 0.1) is 5.92 Å². The SMILES string of the molecule is O=C(C[C@H]1CC[C@H](NC(=O)C2CCC2)[C@H](CO)O1)NCCCN1CCOCC1. The molecule has 3 rings (SSSR count). The zero-order chi connectivity index (χ0) is 19.8. The van der Waals surface area contributed by atoms with E-state index < -0.39 is 6.10 Å². The molecule has 3 fully saturated rings. The van der Waals surface area contributed by atoms with E-state index in [0.29, 0.717) is 19.4 Å². The lowest BCUT2D eigenvalue weighted by molar-refractivity contribution is -0.138. The number of carbonyl (C=O) groups is 2. The number of rotatable bonds is 9. The lowest BCUT2D eigenvalue weighted by Gasteiger charge is -2.37. The molecule has 0 radical (unpaired) electrons. The molecule has 8 heteroatoms. The highest BCUT2D eigenvalue weighted by molar-refractivity contribution is 5.79. The molecule has 8 nitrogen and oxygen atoms in total. The summed E-state index contributed by atoms with van der Waals surface area (Å²) in [7, 11) is 0. The molecule has 0 unspecified atom stereocenters. The Balaban J connectivity index is 1.31.